The summed E-state index contributed by atoms with van der Waals surface area (Å²) < 4.78 is 0. The Morgan fingerprint density at radius 3 is 2.54 bits per heavy atom. The van der Waals surface area contributed by atoms with Crippen molar-refractivity contribution in [1.82, 2.24) is 25.6 Å². The van der Waals surface area contributed by atoms with Crippen LogP contribution in [0.15, 0.2) is 11.4 Å². The van der Waals surface area contributed by atoms with E-state index in [1.54, 1.807) is 11.3 Å². The molecule has 0 bridgehead atoms. The molecule has 1 atom stereocenters. The Morgan fingerprint density at radius 1 is 1.25 bits per heavy atom. The summed E-state index contributed by atoms with van der Waals surface area (Å²) in [5.41, 5.74) is 2.75. The SMILES string of the molecule is Cc1cc(CNC(=O)N[C@@H](C)c2nc(C(C)(C)C)cs2)nc(C)n1. The van der Waals surface area contributed by atoms with Crippen LogP contribution in [0.2, 0.25) is 0 Å². The lowest BCUT2D eigenvalue weighted by Gasteiger charge is -2.15. The molecule has 0 saturated heterocycles. The first-order valence-electron chi connectivity index (χ1n) is 7.96. The first-order valence-corrected chi connectivity index (χ1v) is 8.84. The van der Waals surface area contributed by atoms with Crippen molar-refractivity contribution in [2.45, 2.75) is 59.5 Å². The molecule has 0 radical (unpaired) electrons. The number of thiazole rings is 1. The summed E-state index contributed by atoms with van der Waals surface area (Å²) in [6.07, 6.45) is 0. The fourth-order valence-electron chi connectivity index (χ4n) is 2.20. The molecule has 2 aromatic rings. The van der Waals surface area contributed by atoms with Gasteiger partial charge in [0.2, 0.25) is 0 Å². The van der Waals surface area contributed by atoms with Crippen LogP contribution in [-0.2, 0) is 12.0 Å². The highest BCUT2D eigenvalue weighted by molar-refractivity contribution is 7.09. The van der Waals surface area contributed by atoms with Gasteiger partial charge in [0, 0.05) is 16.5 Å². The lowest BCUT2D eigenvalue weighted by atomic mass is 9.93. The van der Waals surface area contributed by atoms with Crippen LogP contribution in [0.1, 0.15) is 61.7 Å². The number of rotatable bonds is 4. The molecule has 2 N–H and O–H groups in total. The first kappa shape index (κ1) is 18.3. The molecule has 2 amide bonds. The average molecular weight is 347 g/mol. The van der Waals surface area contributed by atoms with Gasteiger partial charge in [0.25, 0.3) is 0 Å². The minimum absolute atomic E-state index is 0.0134. The number of aryl methyl sites for hydroxylation is 2. The van der Waals surface area contributed by atoms with E-state index in [1.807, 2.05) is 26.8 Å². The van der Waals surface area contributed by atoms with Gasteiger partial charge in [0.05, 0.1) is 24.0 Å². The number of aromatic nitrogens is 3. The summed E-state index contributed by atoms with van der Waals surface area (Å²) in [6.45, 7) is 12.4. The van der Waals surface area contributed by atoms with E-state index in [4.69, 9.17) is 0 Å². The lowest BCUT2D eigenvalue weighted by Crippen LogP contribution is -2.36. The molecule has 0 fully saturated rings. The number of hydrogen-bond donors (Lipinski definition) is 2. The molecule has 0 aliphatic heterocycles. The summed E-state index contributed by atoms with van der Waals surface area (Å²) >= 11 is 1.57. The van der Waals surface area contributed by atoms with Gasteiger partial charge >= 0.3 is 6.03 Å². The fraction of sp³-hybridized carbons (Fsp3) is 0.529. The van der Waals surface area contributed by atoms with E-state index >= 15 is 0 Å². The second kappa shape index (κ2) is 7.25. The van der Waals surface area contributed by atoms with Crippen molar-refractivity contribution >= 4 is 17.4 Å². The Balaban J connectivity index is 1.90. The number of carbonyl (C=O) groups excluding carboxylic acids is 1. The lowest BCUT2D eigenvalue weighted by molar-refractivity contribution is 0.237. The molecule has 0 aliphatic carbocycles. The Hall–Kier alpha value is -2.02. The zero-order valence-electron chi connectivity index (χ0n) is 15.1. The number of nitrogens with one attached hydrogen (secondary N) is 2. The van der Waals surface area contributed by atoms with E-state index in [2.05, 4.69) is 51.7 Å². The predicted molar refractivity (Wildman–Crippen MR) is 96.1 cm³/mol. The molecule has 130 valence electrons. The van der Waals surface area contributed by atoms with E-state index in [9.17, 15) is 4.79 Å². The van der Waals surface area contributed by atoms with Gasteiger partial charge in [-0.3, -0.25) is 0 Å². The smallest absolute Gasteiger partial charge is 0.315 e. The number of hydrogen-bond acceptors (Lipinski definition) is 5. The van der Waals surface area contributed by atoms with Crippen molar-refractivity contribution in [3.8, 4) is 0 Å². The molecule has 7 heteroatoms. The monoisotopic (exact) mass is 347 g/mol. The highest BCUT2D eigenvalue weighted by atomic mass is 32.1. The van der Waals surface area contributed by atoms with E-state index in [0.29, 0.717) is 12.4 Å². The van der Waals surface area contributed by atoms with Crippen molar-refractivity contribution in [1.29, 1.82) is 0 Å². The standard InChI is InChI=1S/C17H25N5OS/c1-10-7-13(21-12(3)19-10)8-18-16(23)20-11(2)15-22-14(9-24-15)17(4,5)6/h7,9,11H,8H2,1-6H3,(H2,18,20,23)/t11-/m0/s1. The molecule has 2 heterocycles. The fourth-order valence-corrected chi connectivity index (χ4v) is 3.25. The molecule has 2 aromatic heterocycles. The molecule has 6 nitrogen and oxygen atoms in total. The molecule has 2 rings (SSSR count). The topological polar surface area (TPSA) is 79.8 Å². The maximum absolute atomic E-state index is 12.1. The van der Waals surface area contributed by atoms with E-state index in [1.165, 1.54) is 0 Å². The van der Waals surface area contributed by atoms with Gasteiger partial charge in [-0.25, -0.2) is 19.7 Å². The van der Waals surface area contributed by atoms with Crippen LogP contribution < -0.4 is 10.6 Å². The second-order valence-corrected chi connectivity index (χ2v) is 7.81. The predicted octanol–water partition coefficient (Wildman–Crippen LogP) is 3.41. The van der Waals surface area contributed by atoms with Crippen LogP contribution in [-0.4, -0.2) is 21.0 Å². The third kappa shape index (κ3) is 4.99. The van der Waals surface area contributed by atoms with Crippen LogP contribution in [0, 0.1) is 13.8 Å². The van der Waals surface area contributed by atoms with E-state index in [0.717, 1.165) is 22.1 Å². The van der Waals surface area contributed by atoms with Crippen LogP contribution >= 0.6 is 11.3 Å². The van der Waals surface area contributed by atoms with Gasteiger partial charge in [-0.05, 0) is 26.8 Å². The molecule has 0 spiro atoms. The zero-order valence-corrected chi connectivity index (χ0v) is 15.9. The zero-order chi connectivity index (χ0) is 17.9. The largest absolute Gasteiger partial charge is 0.332 e. The summed E-state index contributed by atoms with van der Waals surface area (Å²) in [5, 5.41) is 8.70. The van der Waals surface area contributed by atoms with Crippen LogP contribution in [0.5, 0.6) is 0 Å². The number of urea groups is 1. The van der Waals surface area contributed by atoms with E-state index in [-0.39, 0.29) is 17.5 Å². The first-order chi connectivity index (χ1) is 11.1. The minimum Gasteiger partial charge on any atom is -0.332 e. The number of nitrogens with zero attached hydrogens (tertiary/aromatic N) is 3. The molecule has 0 aromatic carbocycles. The molecular weight excluding hydrogens is 322 g/mol. The van der Waals surface area contributed by atoms with Gasteiger partial charge in [-0.15, -0.1) is 11.3 Å². The van der Waals surface area contributed by atoms with Crippen molar-refractivity contribution < 1.29 is 4.79 Å². The quantitative estimate of drug-likeness (QED) is 0.888. The minimum atomic E-state index is -0.232. The number of carbonyl (C=O) groups is 1. The van der Waals surface area contributed by atoms with Gasteiger partial charge in [0.15, 0.2) is 0 Å². The van der Waals surface area contributed by atoms with Crippen molar-refractivity contribution in [2.24, 2.45) is 0 Å². The van der Waals surface area contributed by atoms with Crippen LogP contribution in [0.3, 0.4) is 0 Å². The van der Waals surface area contributed by atoms with E-state index < -0.39 is 0 Å². The van der Waals surface area contributed by atoms with Crippen molar-refractivity contribution in [2.75, 3.05) is 0 Å². The van der Waals surface area contributed by atoms with Crippen LogP contribution in [0.25, 0.3) is 0 Å². The summed E-state index contributed by atoms with van der Waals surface area (Å²) in [6, 6.07) is 1.50. The Bertz CT molecular complexity index is 700. The van der Waals surface area contributed by atoms with Gasteiger partial charge in [-0.2, -0.15) is 0 Å². The maximum Gasteiger partial charge on any atom is 0.315 e. The molecule has 0 aliphatic rings. The molecule has 0 saturated carbocycles. The van der Waals surface area contributed by atoms with Crippen molar-refractivity contribution in [3.63, 3.8) is 0 Å². The summed E-state index contributed by atoms with van der Waals surface area (Å²) in [5.74, 6) is 0.707. The highest BCUT2D eigenvalue weighted by Crippen LogP contribution is 2.26. The number of amides is 2. The third-order valence-electron chi connectivity index (χ3n) is 3.46. The second-order valence-electron chi connectivity index (χ2n) is 6.92. The highest BCUT2D eigenvalue weighted by Gasteiger charge is 2.20. The Kier molecular flexibility index (Phi) is 5.54. The van der Waals surface area contributed by atoms with Gasteiger partial charge < -0.3 is 10.6 Å². The molecule has 0 unspecified atom stereocenters. The summed E-state index contributed by atoms with van der Waals surface area (Å²) in [4.78, 5) is 25.3. The molecule has 24 heavy (non-hydrogen) atoms. The maximum atomic E-state index is 12.1. The van der Waals surface area contributed by atoms with Gasteiger partial charge in [-0.1, -0.05) is 20.8 Å². The van der Waals surface area contributed by atoms with Gasteiger partial charge in [0.1, 0.15) is 10.8 Å². The normalized spacial score (nSPS) is 12.8. The summed E-state index contributed by atoms with van der Waals surface area (Å²) in [7, 11) is 0. The van der Waals surface area contributed by atoms with Crippen molar-refractivity contribution in [3.05, 3.63) is 39.4 Å². The Labute approximate surface area is 147 Å². The van der Waals surface area contributed by atoms with Crippen LogP contribution in [0.4, 0.5) is 4.79 Å². The average Bonchev–Trinajstić information content (AvgIpc) is 2.94. The third-order valence-corrected chi connectivity index (χ3v) is 4.48. The molecular formula is C17H25N5OS. The Morgan fingerprint density at radius 2 is 1.96 bits per heavy atom.